The lowest BCUT2D eigenvalue weighted by Crippen LogP contribution is -2.21. The van der Waals surface area contributed by atoms with Gasteiger partial charge in [0.1, 0.15) is 0 Å². The Morgan fingerprint density at radius 2 is 1.61 bits per heavy atom. The summed E-state index contributed by atoms with van der Waals surface area (Å²) in [4.78, 5) is 22.3. The summed E-state index contributed by atoms with van der Waals surface area (Å²) < 4.78 is 29.9. The normalized spacial score (nSPS) is 13.0. The van der Waals surface area contributed by atoms with Gasteiger partial charge in [0.15, 0.2) is 0 Å². The molecule has 0 saturated heterocycles. The molecule has 0 amide bonds. The summed E-state index contributed by atoms with van der Waals surface area (Å²) in [5.74, 6) is -0.588. The zero-order chi connectivity index (χ0) is 21.3. The predicted octanol–water partition coefficient (Wildman–Crippen LogP) is 5.35. The molecular formula is C19H30NO7P. The number of benzene rings is 1. The highest BCUT2D eigenvalue weighted by Crippen LogP contribution is 2.57. The van der Waals surface area contributed by atoms with Gasteiger partial charge < -0.3 is 13.8 Å². The first kappa shape index (κ1) is 24.3. The fourth-order valence-corrected chi connectivity index (χ4v) is 5.23. The molecule has 1 rings (SSSR count). The lowest BCUT2D eigenvalue weighted by molar-refractivity contribution is -0.384. The van der Waals surface area contributed by atoms with Crippen molar-refractivity contribution in [3.8, 4) is 0 Å². The van der Waals surface area contributed by atoms with Crippen molar-refractivity contribution in [2.24, 2.45) is 0 Å². The van der Waals surface area contributed by atoms with Gasteiger partial charge in [0.2, 0.25) is 0 Å². The van der Waals surface area contributed by atoms with Crippen LogP contribution >= 0.6 is 7.60 Å². The second-order valence-electron chi connectivity index (χ2n) is 7.02. The molecule has 28 heavy (non-hydrogen) atoms. The van der Waals surface area contributed by atoms with Crippen molar-refractivity contribution in [3.63, 3.8) is 0 Å². The predicted molar refractivity (Wildman–Crippen MR) is 107 cm³/mol. The summed E-state index contributed by atoms with van der Waals surface area (Å²) >= 11 is 0. The van der Waals surface area contributed by atoms with Gasteiger partial charge in [-0.15, -0.1) is 0 Å². The van der Waals surface area contributed by atoms with Gasteiger partial charge in [-0.05, 0) is 52.7 Å². The Kier molecular flexibility index (Phi) is 9.79. The van der Waals surface area contributed by atoms with E-state index in [0.717, 1.165) is 6.42 Å². The molecule has 1 atom stereocenters. The van der Waals surface area contributed by atoms with Crippen molar-refractivity contribution in [3.05, 3.63) is 39.9 Å². The van der Waals surface area contributed by atoms with E-state index < -0.39 is 18.5 Å². The number of nitrogens with zero attached hydrogens (tertiary/aromatic N) is 1. The molecule has 0 heterocycles. The molecule has 0 unspecified atom stereocenters. The molecule has 0 radical (unpaired) electrons. The van der Waals surface area contributed by atoms with Gasteiger partial charge in [0, 0.05) is 12.1 Å². The first-order valence-corrected chi connectivity index (χ1v) is 11.1. The van der Waals surface area contributed by atoms with Gasteiger partial charge in [-0.25, -0.2) is 4.79 Å². The Morgan fingerprint density at radius 3 is 2.04 bits per heavy atom. The number of ether oxygens (including phenoxy) is 1. The molecule has 1 aromatic rings. The van der Waals surface area contributed by atoms with E-state index in [9.17, 15) is 19.5 Å². The van der Waals surface area contributed by atoms with Crippen LogP contribution in [0.4, 0.5) is 5.69 Å². The van der Waals surface area contributed by atoms with Crippen molar-refractivity contribution in [2.75, 3.05) is 6.61 Å². The number of nitro benzene ring substituents is 1. The highest BCUT2D eigenvalue weighted by Gasteiger charge is 2.37. The van der Waals surface area contributed by atoms with Crippen LogP contribution < -0.4 is 0 Å². The minimum atomic E-state index is -3.37. The number of carbonyl (C=O) groups is 1. The molecule has 0 spiro atoms. The Labute approximate surface area is 166 Å². The van der Waals surface area contributed by atoms with E-state index in [4.69, 9.17) is 13.8 Å². The fourth-order valence-electron chi connectivity index (χ4n) is 2.67. The van der Waals surface area contributed by atoms with E-state index in [0.29, 0.717) is 12.8 Å². The first-order chi connectivity index (χ1) is 13.1. The smallest absolute Gasteiger partial charge is 0.338 e. The third-order valence-electron chi connectivity index (χ3n) is 3.78. The molecule has 0 aromatic heterocycles. The van der Waals surface area contributed by atoms with Crippen molar-refractivity contribution in [2.45, 2.75) is 71.7 Å². The van der Waals surface area contributed by atoms with Crippen molar-refractivity contribution in [1.29, 1.82) is 0 Å². The molecule has 0 bridgehead atoms. The number of esters is 1. The standard InChI is InChI=1S/C19H30NO7P/c1-6-7-18(28(24,26-14(2)3)27-15(4)5)12-13-25-19(21)16-8-10-17(11-9-16)20(22)23/h8-11,14-15,18H,6-7,12-13H2,1-5H3/t18-/m0/s1. The van der Waals surface area contributed by atoms with E-state index in [1.807, 2.05) is 6.92 Å². The van der Waals surface area contributed by atoms with Gasteiger partial charge >= 0.3 is 13.6 Å². The van der Waals surface area contributed by atoms with Crippen LogP contribution in [0.25, 0.3) is 0 Å². The van der Waals surface area contributed by atoms with Crippen LogP contribution in [-0.4, -0.2) is 35.4 Å². The van der Waals surface area contributed by atoms with E-state index in [1.54, 1.807) is 27.7 Å². The molecule has 0 N–H and O–H groups in total. The minimum Gasteiger partial charge on any atom is -0.462 e. The Bertz CT molecular complexity index is 674. The van der Waals surface area contributed by atoms with Crippen molar-refractivity contribution in [1.82, 2.24) is 0 Å². The molecule has 0 saturated carbocycles. The molecular weight excluding hydrogens is 385 g/mol. The number of hydrogen-bond donors (Lipinski definition) is 0. The molecule has 1 aromatic carbocycles. The molecule has 9 heteroatoms. The zero-order valence-electron chi connectivity index (χ0n) is 17.1. The molecule has 0 fully saturated rings. The summed E-state index contributed by atoms with van der Waals surface area (Å²) in [5, 5.41) is 10.7. The molecule has 8 nitrogen and oxygen atoms in total. The van der Waals surface area contributed by atoms with E-state index >= 15 is 0 Å². The quantitative estimate of drug-likeness (QED) is 0.196. The lowest BCUT2D eigenvalue weighted by Gasteiger charge is -2.29. The van der Waals surface area contributed by atoms with Crippen LogP contribution in [-0.2, 0) is 18.3 Å². The lowest BCUT2D eigenvalue weighted by atomic mass is 10.2. The van der Waals surface area contributed by atoms with E-state index in [2.05, 4.69) is 0 Å². The first-order valence-electron chi connectivity index (χ1n) is 9.47. The highest BCUT2D eigenvalue weighted by molar-refractivity contribution is 7.54. The summed E-state index contributed by atoms with van der Waals surface area (Å²) in [6.07, 6.45) is 1.22. The van der Waals surface area contributed by atoms with Gasteiger partial charge in [-0.2, -0.15) is 0 Å². The maximum absolute atomic E-state index is 13.3. The van der Waals surface area contributed by atoms with Crippen LogP contribution in [0.1, 0.15) is 64.2 Å². The third kappa shape index (κ3) is 7.70. The van der Waals surface area contributed by atoms with E-state index in [-0.39, 0.29) is 35.7 Å². The SMILES string of the molecule is CCC[C@@H](CCOC(=O)c1ccc([N+](=O)[O-])cc1)P(=O)(OC(C)C)OC(C)C. The largest absolute Gasteiger partial charge is 0.462 e. The third-order valence-corrected chi connectivity index (χ3v) is 6.62. The average Bonchev–Trinajstić information content (AvgIpc) is 2.59. The monoisotopic (exact) mass is 415 g/mol. The average molecular weight is 415 g/mol. The summed E-state index contributed by atoms with van der Waals surface area (Å²) in [7, 11) is -3.37. The van der Waals surface area contributed by atoms with Crippen LogP contribution in [0, 0.1) is 10.1 Å². The molecule has 0 aliphatic rings. The van der Waals surface area contributed by atoms with Gasteiger partial charge in [-0.3, -0.25) is 14.7 Å². The Balaban J connectivity index is 2.76. The number of hydrogen-bond acceptors (Lipinski definition) is 7. The number of carbonyl (C=O) groups excluding carboxylic acids is 1. The summed E-state index contributed by atoms with van der Waals surface area (Å²) in [6, 6.07) is 5.19. The van der Waals surface area contributed by atoms with Crippen LogP contribution in [0.2, 0.25) is 0 Å². The van der Waals surface area contributed by atoms with Crippen molar-refractivity contribution >= 4 is 19.3 Å². The fraction of sp³-hybridized carbons (Fsp3) is 0.632. The van der Waals surface area contributed by atoms with Gasteiger partial charge in [0.05, 0.1) is 35.0 Å². The van der Waals surface area contributed by atoms with Crippen LogP contribution in [0.5, 0.6) is 0 Å². The maximum atomic E-state index is 13.3. The maximum Gasteiger partial charge on any atom is 0.338 e. The molecule has 0 aliphatic heterocycles. The van der Waals surface area contributed by atoms with Gasteiger partial charge in [0.25, 0.3) is 5.69 Å². The highest BCUT2D eigenvalue weighted by atomic mass is 31.2. The molecule has 0 aliphatic carbocycles. The zero-order valence-corrected chi connectivity index (χ0v) is 18.0. The van der Waals surface area contributed by atoms with Gasteiger partial charge in [-0.1, -0.05) is 13.3 Å². The topological polar surface area (TPSA) is 105 Å². The number of nitro groups is 1. The Morgan fingerprint density at radius 1 is 1.07 bits per heavy atom. The van der Waals surface area contributed by atoms with Crippen molar-refractivity contribution < 1.29 is 28.1 Å². The van der Waals surface area contributed by atoms with Crippen LogP contribution in [0.15, 0.2) is 24.3 Å². The second kappa shape index (κ2) is 11.3. The second-order valence-corrected chi connectivity index (χ2v) is 9.25. The van der Waals surface area contributed by atoms with Crippen LogP contribution in [0.3, 0.4) is 0 Å². The number of non-ortho nitro benzene ring substituents is 1. The Hall–Kier alpha value is -1.76. The number of rotatable bonds is 12. The molecule has 158 valence electrons. The minimum absolute atomic E-state index is 0.0490. The summed E-state index contributed by atoms with van der Waals surface area (Å²) in [6.45, 7) is 9.22. The summed E-state index contributed by atoms with van der Waals surface area (Å²) in [5.41, 5.74) is -0.262. The van der Waals surface area contributed by atoms with E-state index in [1.165, 1.54) is 24.3 Å².